The summed E-state index contributed by atoms with van der Waals surface area (Å²) in [5, 5.41) is 10.5. The number of anilines is 1. The summed E-state index contributed by atoms with van der Waals surface area (Å²) in [6, 6.07) is 5.50. The number of hydrogen-bond donors (Lipinski definition) is 1. The molecule has 1 spiro atoms. The number of amides is 2. The van der Waals surface area contributed by atoms with E-state index in [1.807, 2.05) is 19.9 Å². The molecule has 0 saturated carbocycles. The zero-order valence-corrected chi connectivity index (χ0v) is 24.5. The highest BCUT2D eigenvalue weighted by Crippen LogP contribution is 2.59. The molecule has 3 saturated heterocycles. The van der Waals surface area contributed by atoms with Gasteiger partial charge in [0.25, 0.3) is 5.91 Å². The number of ether oxygens (including phenoxy) is 3. The molecule has 1 aromatic rings. The molecule has 3 heterocycles. The molecule has 9 heteroatoms. The first-order chi connectivity index (χ1) is 19.7. The fourth-order valence-electron chi connectivity index (χ4n) is 6.87. The van der Waals surface area contributed by atoms with Gasteiger partial charge in [0.2, 0.25) is 5.91 Å². The average Bonchev–Trinajstić information content (AvgIpc) is 3.61. The molecule has 3 fully saturated rings. The lowest BCUT2D eigenvalue weighted by atomic mass is 9.70. The van der Waals surface area contributed by atoms with Crippen molar-refractivity contribution in [2.24, 2.45) is 17.8 Å². The van der Waals surface area contributed by atoms with Gasteiger partial charge in [-0.05, 0) is 68.7 Å². The molecule has 0 aromatic heterocycles. The van der Waals surface area contributed by atoms with Crippen LogP contribution >= 0.6 is 0 Å². The minimum Gasteiger partial charge on any atom is -0.497 e. The number of allylic oxidation sites excluding steroid dienone is 1. The average molecular weight is 569 g/mol. The van der Waals surface area contributed by atoms with E-state index in [1.54, 1.807) is 42.4 Å². The number of carbonyl (C=O) groups is 3. The lowest BCUT2D eigenvalue weighted by molar-refractivity contribution is -0.156. The Balaban J connectivity index is 1.71. The Bertz CT molecular complexity index is 1120. The first-order valence-corrected chi connectivity index (χ1v) is 14.7. The predicted molar refractivity (Wildman–Crippen MR) is 155 cm³/mol. The third-order valence-electron chi connectivity index (χ3n) is 8.60. The number of aliphatic hydroxyl groups excluding tert-OH is 1. The molecule has 2 amide bonds. The van der Waals surface area contributed by atoms with E-state index in [9.17, 15) is 19.5 Å². The maximum atomic E-state index is 14.6. The van der Waals surface area contributed by atoms with Crippen molar-refractivity contribution in [3.63, 3.8) is 0 Å². The van der Waals surface area contributed by atoms with E-state index < -0.39 is 41.6 Å². The Kier molecular flexibility index (Phi) is 9.92. The summed E-state index contributed by atoms with van der Waals surface area (Å²) in [6.07, 6.45) is 6.88. The maximum Gasteiger partial charge on any atom is 0.312 e. The van der Waals surface area contributed by atoms with Gasteiger partial charge >= 0.3 is 5.97 Å². The largest absolute Gasteiger partial charge is 0.497 e. The van der Waals surface area contributed by atoms with E-state index in [2.05, 4.69) is 13.2 Å². The van der Waals surface area contributed by atoms with Crippen LogP contribution in [-0.4, -0.2) is 78.4 Å². The number of methoxy groups -OCH3 is 1. The standard InChI is InChI=1S/C32H44N2O7/c1-6-8-9-10-18-40-31(38)26-25-15-16-32(41-25)27(26)29(36)34(23(20-35)19-21(3)4)28(32)30(37)33(17-7-2)22-11-13-24(39-5)14-12-22/h6-7,11-14,21,23,25-28,35H,1-2,8-10,15-20H2,3-5H3/t23-,25-,26+,27+,28?,32?/m1/s1. The van der Waals surface area contributed by atoms with E-state index in [0.29, 0.717) is 37.1 Å². The topological polar surface area (TPSA) is 106 Å². The number of benzene rings is 1. The molecular formula is C32H44N2O7. The second-order valence-corrected chi connectivity index (χ2v) is 11.7. The van der Waals surface area contributed by atoms with E-state index in [0.717, 1.165) is 12.8 Å². The van der Waals surface area contributed by atoms with Crippen LogP contribution in [-0.2, 0) is 23.9 Å². The van der Waals surface area contributed by atoms with Gasteiger partial charge in [-0.3, -0.25) is 14.4 Å². The van der Waals surface area contributed by atoms with Crippen molar-refractivity contribution in [2.45, 2.75) is 76.2 Å². The zero-order valence-electron chi connectivity index (χ0n) is 24.5. The second-order valence-electron chi connectivity index (χ2n) is 11.7. The number of nitrogens with zero attached hydrogens (tertiary/aromatic N) is 2. The van der Waals surface area contributed by atoms with Crippen LogP contribution in [0.25, 0.3) is 0 Å². The van der Waals surface area contributed by atoms with Crippen LogP contribution in [0.15, 0.2) is 49.6 Å². The van der Waals surface area contributed by atoms with Crippen molar-refractivity contribution in [2.75, 3.05) is 31.8 Å². The summed E-state index contributed by atoms with van der Waals surface area (Å²) in [7, 11) is 1.57. The summed E-state index contributed by atoms with van der Waals surface area (Å²) in [5.74, 6) is -1.93. The van der Waals surface area contributed by atoms with Gasteiger partial charge < -0.3 is 29.1 Å². The minimum atomic E-state index is -1.18. The molecule has 6 atom stereocenters. The van der Waals surface area contributed by atoms with Gasteiger partial charge in [0.1, 0.15) is 17.4 Å². The molecule has 9 nitrogen and oxygen atoms in total. The highest BCUT2D eigenvalue weighted by atomic mass is 16.6. The number of carbonyl (C=O) groups excluding carboxylic acids is 3. The van der Waals surface area contributed by atoms with Crippen LogP contribution in [0.3, 0.4) is 0 Å². The highest BCUT2D eigenvalue weighted by Gasteiger charge is 2.75. The quantitative estimate of drug-likeness (QED) is 0.194. The SMILES string of the molecule is C=CCCCCOC(=O)[C@@H]1[C@H]2C(=O)N([C@@H](CO)CC(C)C)C(C(=O)N(CC=C)c3ccc(OC)cc3)C23CC[C@H]1O3. The van der Waals surface area contributed by atoms with Crippen LogP contribution in [0.5, 0.6) is 5.75 Å². The molecule has 3 aliphatic rings. The highest BCUT2D eigenvalue weighted by molar-refractivity contribution is 6.04. The normalized spacial score (nSPS) is 27.0. The Morgan fingerprint density at radius 3 is 2.56 bits per heavy atom. The number of rotatable bonds is 15. The number of esters is 1. The lowest BCUT2D eigenvalue weighted by Crippen LogP contribution is -2.59. The molecule has 4 rings (SSSR count). The lowest BCUT2D eigenvalue weighted by Gasteiger charge is -2.39. The van der Waals surface area contributed by atoms with Gasteiger partial charge in [-0.25, -0.2) is 0 Å². The van der Waals surface area contributed by atoms with Gasteiger partial charge in [-0.2, -0.15) is 0 Å². The predicted octanol–water partition coefficient (Wildman–Crippen LogP) is 3.90. The van der Waals surface area contributed by atoms with Gasteiger partial charge in [0.05, 0.1) is 44.3 Å². The van der Waals surface area contributed by atoms with Crippen LogP contribution in [0, 0.1) is 17.8 Å². The molecule has 3 aliphatic heterocycles. The first-order valence-electron chi connectivity index (χ1n) is 14.7. The summed E-state index contributed by atoms with van der Waals surface area (Å²) in [5.41, 5.74) is -0.558. The molecule has 2 unspecified atom stereocenters. The Hall–Kier alpha value is -3.17. The van der Waals surface area contributed by atoms with Crippen LogP contribution in [0.1, 0.15) is 52.4 Å². The Morgan fingerprint density at radius 2 is 1.95 bits per heavy atom. The van der Waals surface area contributed by atoms with E-state index in [1.165, 1.54) is 4.90 Å². The Labute approximate surface area is 243 Å². The summed E-state index contributed by atoms with van der Waals surface area (Å²) >= 11 is 0. The fourth-order valence-corrected chi connectivity index (χ4v) is 6.87. The van der Waals surface area contributed by atoms with Crippen molar-refractivity contribution >= 4 is 23.5 Å². The number of fused-ring (bicyclic) bond motifs is 1. The van der Waals surface area contributed by atoms with Gasteiger partial charge in [-0.15, -0.1) is 13.2 Å². The van der Waals surface area contributed by atoms with Crippen molar-refractivity contribution in [1.29, 1.82) is 0 Å². The summed E-state index contributed by atoms with van der Waals surface area (Å²) in [6.45, 7) is 11.7. The molecule has 2 bridgehead atoms. The second kappa shape index (κ2) is 13.2. The number of aliphatic hydroxyl groups is 1. The first kappa shape index (κ1) is 30.8. The van der Waals surface area contributed by atoms with Crippen molar-refractivity contribution in [3.8, 4) is 5.75 Å². The van der Waals surface area contributed by atoms with Gasteiger partial charge in [0.15, 0.2) is 0 Å². The molecule has 224 valence electrons. The maximum absolute atomic E-state index is 14.6. The van der Waals surface area contributed by atoms with E-state index >= 15 is 0 Å². The summed E-state index contributed by atoms with van der Waals surface area (Å²) < 4.78 is 17.5. The number of likely N-dealkylation sites (tertiary alicyclic amines) is 1. The molecule has 0 aliphatic carbocycles. The molecule has 1 aromatic carbocycles. The fraction of sp³-hybridized carbons (Fsp3) is 0.594. The smallest absolute Gasteiger partial charge is 0.312 e. The molecule has 41 heavy (non-hydrogen) atoms. The third kappa shape index (κ3) is 5.79. The van der Waals surface area contributed by atoms with E-state index in [4.69, 9.17) is 14.2 Å². The van der Waals surface area contributed by atoms with Gasteiger partial charge in [-0.1, -0.05) is 26.0 Å². The monoisotopic (exact) mass is 568 g/mol. The molecular weight excluding hydrogens is 524 g/mol. The van der Waals surface area contributed by atoms with Crippen molar-refractivity contribution in [1.82, 2.24) is 4.90 Å². The molecule has 1 N–H and O–H groups in total. The third-order valence-corrected chi connectivity index (χ3v) is 8.60. The van der Waals surface area contributed by atoms with Crippen molar-refractivity contribution < 1.29 is 33.7 Å². The molecule has 0 radical (unpaired) electrons. The van der Waals surface area contributed by atoms with E-state index in [-0.39, 0.29) is 37.5 Å². The van der Waals surface area contributed by atoms with Crippen LogP contribution in [0.2, 0.25) is 0 Å². The van der Waals surface area contributed by atoms with Crippen LogP contribution in [0.4, 0.5) is 5.69 Å². The minimum absolute atomic E-state index is 0.160. The van der Waals surface area contributed by atoms with Gasteiger partial charge in [0, 0.05) is 12.2 Å². The number of unbranched alkanes of at least 4 members (excludes halogenated alkanes) is 2. The zero-order chi connectivity index (χ0) is 29.7. The Morgan fingerprint density at radius 1 is 1.22 bits per heavy atom. The van der Waals surface area contributed by atoms with Crippen LogP contribution < -0.4 is 9.64 Å². The van der Waals surface area contributed by atoms with Crippen molar-refractivity contribution in [3.05, 3.63) is 49.6 Å². The number of hydrogen-bond acceptors (Lipinski definition) is 7. The summed E-state index contributed by atoms with van der Waals surface area (Å²) in [4.78, 5) is 45.4.